The van der Waals surface area contributed by atoms with Gasteiger partial charge in [0.15, 0.2) is 0 Å². The van der Waals surface area contributed by atoms with Crippen LogP contribution in [0.2, 0.25) is 10.0 Å². The van der Waals surface area contributed by atoms with Crippen LogP contribution in [-0.4, -0.2) is 11.1 Å². The van der Waals surface area contributed by atoms with Gasteiger partial charge in [-0.05, 0) is 12.1 Å². The number of oxime groups is 1. The number of rotatable bonds is 5. The van der Waals surface area contributed by atoms with Gasteiger partial charge in [-0.15, -0.1) is 0 Å². The van der Waals surface area contributed by atoms with Crippen LogP contribution in [0.1, 0.15) is 11.1 Å². The molecule has 0 saturated heterocycles. The number of nitrogens with zero attached hydrogens (tertiary/aromatic N) is 2. The van der Waals surface area contributed by atoms with E-state index in [2.05, 4.69) is 5.16 Å². The highest BCUT2D eigenvalue weighted by Gasteiger charge is 2.04. The van der Waals surface area contributed by atoms with Crippen LogP contribution < -0.4 is 0 Å². The van der Waals surface area contributed by atoms with E-state index in [1.165, 1.54) is 18.3 Å². The first-order chi connectivity index (χ1) is 10.1. The van der Waals surface area contributed by atoms with Gasteiger partial charge in [0.05, 0.1) is 11.1 Å². The quantitative estimate of drug-likeness (QED) is 0.463. The molecule has 0 radical (unpaired) electrons. The summed E-state index contributed by atoms with van der Waals surface area (Å²) < 4.78 is 0. The molecular weight excluding hydrogens is 315 g/mol. The number of halogens is 2. The van der Waals surface area contributed by atoms with E-state index in [1.807, 2.05) is 0 Å². The molecule has 0 aliphatic carbocycles. The summed E-state index contributed by atoms with van der Waals surface area (Å²) in [7, 11) is 0. The summed E-state index contributed by atoms with van der Waals surface area (Å²) in [5.41, 5.74) is 1.32. The summed E-state index contributed by atoms with van der Waals surface area (Å²) >= 11 is 11.8. The molecule has 0 aliphatic rings. The monoisotopic (exact) mass is 324 g/mol. The van der Waals surface area contributed by atoms with Crippen LogP contribution in [-0.2, 0) is 11.4 Å². The molecule has 2 aromatic rings. The van der Waals surface area contributed by atoms with Crippen molar-refractivity contribution in [2.75, 3.05) is 0 Å². The zero-order valence-electron chi connectivity index (χ0n) is 10.7. The lowest BCUT2D eigenvalue weighted by atomic mass is 10.2. The Labute approximate surface area is 130 Å². The Bertz CT molecular complexity index is 690. The van der Waals surface area contributed by atoms with Crippen molar-refractivity contribution in [2.45, 2.75) is 6.61 Å². The molecule has 2 rings (SSSR count). The topological polar surface area (TPSA) is 64.7 Å². The third kappa shape index (κ3) is 4.44. The van der Waals surface area contributed by atoms with E-state index >= 15 is 0 Å². The maximum atomic E-state index is 10.6. The molecule has 21 heavy (non-hydrogen) atoms. The van der Waals surface area contributed by atoms with E-state index in [-0.39, 0.29) is 12.3 Å². The van der Waals surface area contributed by atoms with Crippen molar-refractivity contribution >= 4 is 35.1 Å². The minimum atomic E-state index is -0.467. The van der Waals surface area contributed by atoms with Gasteiger partial charge in [0.1, 0.15) is 6.61 Å². The van der Waals surface area contributed by atoms with Gasteiger partial charge in [-0.3, -0.25) is 10.1 Å². The molecule has 0 N–H and O–H groups in total. The molecule has 0 unspecified atom stereocenters. The zero-order chi connectivity index (χ0) is 15.2. The van der Waals surface area contributed by atoms with Gasteiger partial charge in [0.25, 0.3) is 5.69 Å². The van der Waals surface area contributed by atoms with Crippen molar-refractivity contribution in [3.63, 3.8) is 0 Å². The fraction of sp³-hybridized carbons (Fsp3) is 0.0714. The predicted molar refractivity (Wildman–Crippen MR) is 81.9 cm³/mol. The molecule has 0 fully saturated rings. The molecule has 0 atom stereocenters. The Morgan fingerprint density at radius 3 is 2.76 bits per heavy atom. The van der Waals surface area contributed by atoms with E-state index < -0.39 is 4.92 Å². The van der Waals surface area contributed by atoms with E-state index in [1.54, 1.807) is 30.3 Å². The van der Waals surface area contributed by atoms with E-state index in [4.69, 9.17) is 28.0 Å². The number of hydrogen-bond acceptors (Lipinski definition) is 4. The Hall–Kier alpha value is -2.11. The Morgan fingerprint density at radius 2 is 2.05 bits per heavy atom. The third-order valence-electron chi connectivity index (χ3n) is 2.59. The van der Waals surface area contributed by atoms with Gasteiger partial charge in [-0.25, -0.2) is 0 Å². The number of non-ortho nitro benzene ring substituents is 1. The minimum absolute atomic E-state index is 0.000282. The first-order valence-corrected chi connectivity index (χ1v) is 6.65. The molecular formula is C14H10Cl2N2O3. The third-order valence-corrected chi connectivity index (χ3v) is 3.18. The highest BCUT2D eigenvalue weighted by atomic mass is 35.5. The molecule has 0 aromatic heterocycles. The summed E-state index contributed by atoms with van der Waals surface area (Å²) in [6, 6.07) is 11.1. The normalized spacial score (nSPS) is 10.8. The second-order valence-electron chi connectivity index (χ2n) is 4.10. The highest BCUT2D eigenvalue weighted by molar-refractivity contribution is 6.35. The number of hydrogen-bond donors (Lipinski definition) is 0. The van der Waals surface area contributed by atoms with Gasteiger partial charge in [-0.2, -0.15) is 0 Å². The van der Waals surface area contributed by atoms with Crippen LogP contribution in [0.15, 0.2) is 47.6 Å². The summed E-state index contributed by atoms with van der Waals surface area (Å²) in [5.74, 6) is 0. The average Bonchev–Trinajstić information content (AvgIpc) is 2.45. The van der Waals surface area contributed by atoms with Crippen molar-refractivity contribution in [2.24, 2.45) is 5.16 Å². The Morgan fingerprint density at radius 1 is 1.24 bits per heavy atom. The van der Waals surface area contributed by atoms with Crippen LogP contribution >= 0.6 is 23.2 Å². The standard InChI is InChI=1S/C14H10Cl2N2O3/c15-12-5-4-11(14(16)7-12)9-21-17-8-10-2-1-3-13(6-10)18(19)20/h1-8H,9H2/b17-8-. The lowest BCUT2D eigenvalue weighted by Crippen LogP contribution is -1.91. The maximum Gasteiger partial charge on any atom is 0.270 e. The number of nitro groups is 1. The van der Waals surface area contributed by atoms with Crippen molar-refractivity contribution < 1.29 is 9.76 Å². The van der Waals surface area contributed by atoms with Crippen molar-refractivity contribution in [3.8, 4) is 0 Å². The maximum absolute atomic E-state index is 10.6. The largest absolute Gasteiger partial charge is 0.391 e. The SMILES string of the molecule is O=[N+]([O-])c1cccc(/C=N\OCc2ccc(Cl)cc2Cl)c1. The Balaban J connectivity index is 1.96. The first kappa shape index (κ1) is 15.3. The molecule has 0 bridgehead atoms. The lowest BCUT2D eigenvalue weighted by Gasteiger charge is -2.03. The van der Waals surface area contributed by atoms with Crippen molar-refractivity contribution in [3.05, 3.63) is 73.8 Å². The summed E-state index contributed by atoms with van der Waals surface area (Å²) in [5, 5.41) is 15.4. The molecule has 2 aromatic carbocycles. The molecule has 0 amide bonds. The molecule has 0 heterocycles. The summed E-state index contributed by atoms with van der Waals surface area (Å²) in [6.45, 7) is 0.182. The molecule has 5 nitrogen and oxygen atoms in total. The van der Waals surface area contributed by atoms with Gasteiger partial charge in [0, 0.05) is 33.3 Å². The van der Waals surface area contributed by atoms with Crippen LogP contribution in [0, 0.1) is 10.1 Å². The molecule has 0 aliphatic heterocycles. The fourth-order valence-electron chi connectivity index (χ4n) is 1.56. The van der Waals surface area contributed by atoms with Crippen LogP contribution in [0.3, 0.4) is 0 Å². The highest BCUT2D eigenvalue weighted by Crippen LogP contribution is 2.21. The second kappa shape index (κ2) is 7.06. The van der Waals surface area contributed by atoms with E-state index in [0.29, 0.717) is 15.6 Å². The summed E-state index contributed by atoms with van der Waals surface area (Å²) in [6.07, 6.45) is 1.40. The molecule has 0 spiro atoms. The average molecular weight is 325 g/mol. The van der Waals surface area contributed by atoms with E-state index in [0.717, 1.165) is 5.56 Å². The summed E-state index contributed by atoms with van der Waals surface area (Å²) in [4.78, 5) is 15.3. The number of nitro benzene ring substituents is 1. The molecule has 7 heteroatoms. The van der Waals surface area contributed by atoms with Crippen LogP contribution in [0.5, 0.6) is 0 Å². The van der Waals surface area contributed by atoms with Gasteiger partial charge >= 0.3 is 0 Å². The number of benzene rings is 2. The second-order valence-corrected chi connectivity index (χ2v) is 4.94. The Kier molecular flexibility index (Phi) is 5.14. The van der Waals surface area contributed by atoms with Gasteiger partial charge in [-0.1, -0.05) is 46.6 Å². The van der Waals surface area contributed by atoms with Gasteiger partial charge < -0.3 is 4.84 Å². The minimum Gasteiger partial charge on any atom is -0.391 e. The molecule has 108 valence electrons. The van der Waals surface area contributed by atoms with Crippen molar-refractivity contribution in [1.82, 2.24) is 0 Å². The van der Waals surface area contributed by atoms with E-state index in [9.17, 15) is 10.1 Å². The molecule has 0 saturated carbocycles. The lowest BCUT2D eigenvalue weighted by molar-refractivity contribution is -0.384. The van der Waals surface area contributed by atoms with Crippen LogP contribution in [0.25, 0.3) is 0 Å². The predicted octanol–water partition coefficient (Wildman–Crippen LogP) is 4.45. The first-order valence-electron chi connectivity index (χ1n) is 5.90. The van der Waals surface area contributed by atoms with Crippen molar-refractivity contribution in [1.29, 1.82) is 0 Å². The fourth-order valence-corrected chi connectivity index (χ4v) is 2.03. The van der Waals surface area contributed by atoms with Gasteiger partial charge in [0.2, 0.25) is 0 Å². The van der Waals surface area contributed by atoms with Crippen LogP contribution in [0.4, 0.5) is 5.69 Å². The zero-order valence-corrected chi connectivity index (χ0v) is 12.2. The smallest absolute Gasteiger partial charge is 0.270 e.